The molecule has 0 saturated heterocycles. The smallest absolute Gasteiger partial charge is 0.256 e. The second-order valence-corrected chi connectivity index (χ2v) is 6.85. The van der Waals surface area contributed by atoms with Crippen LogP contribution in [0.15, 0.2) is 42.6 Å². The Morgan fingerprint density at radius 2 is 1.96 bits per heavy atom. The maximum atomic E-state index is 12.7. The van der Waals surface area contributed by atoms with Gasteiger partial charge in [-0.3, -0.25) is 4.79 Å². The van der Waals surface area contributed by atoms with Crippen molar-refractivity contribution in [3.05, 3.63) is 65.1 Å². The molecule has 0 aliphatic carbocycles. The zero-order valence-corrected chi connectivity index (χ0v) is 15.7. The van der Waals surface area contributed by atoms with Gasteiger partial charge in [-0.2, -0.15) is 5.10 Å². The molecule has 0 bridgehead atoms. The summed E-state index contributed by atoms with van der Waals surface area (Å²) in [6.07, 6.45) is 2.46. The van der Waals surface area contributed by atoms with Crippen LogP contribution in [0.1, 0.15) is 27.3 Å². The molecule has 2 heterocycles. The summed E-state index contributed by atoms with van der Waals surface area (Å²) in [6.45, 7) is 4.44. The van der Waals surface area contributed by atoms with Crippen LogP contribution in [0.25, 0.3) is 5.65 Å². The molecule has 0 fully saturated rings. The minimum Gasteiger partial charge on any atom is -0.350 e. The fraction of sp³-hybridized carbons (Fsp3) is 0.350. The standard InChI is InChI=1S/C20H25N5O/c1-14-10-15(2)25-19(23-14)18(13-22-25)20(26)21-12-17(24(3)4)11-16-8-6-5-7-9-16/h5-10,13,17H,11-12H2,1-4H3,(H,21,26)/t17-/m1/s1. The van der Waals surface area contributed by atoms with Crippen LogP contribution in [0.5, 0.6) is 0 Å². The van der Waals surface area contributed by atoms with E-state index in [1.54, 1.807) is 10.7 Å². The van der Waals surface area contributed by atoms with Crippen LogP contribution in [0.3, 0.4) is 0 Å². The molecule has 0 spiro atoms. The number of benzene rings is 1. The van der Waals surface area contributed by atoms with Gasteiger partial charge in [0.2, 0.25) is 0 Å². The third-order valence-corrected chi connectivity index (χ3v) is 4.57. The lowest BCUT2D eigenvalue weighted by Crippen LogP contribution is -2.41. The second-order valence-electron chi connectivity index (χ2n) is 6.85. The highest BCUT2D eigenvalue weighted by atomic mass is 16.1. The quantitative estimate of drug-likeness (QED) is 0.740. The Bertz CT molecular complexity index is 901. The summed E-state index contributed by atoms with van der Waals surface area (Å²) in [7, 11) is 4.06. The number of nitrogens with zero attached hydrogens (tertiary/aromatic N) is 4. The fourth-order valence-electron chi connectivity index (χ4n) is 3.06. The zero-order chi connectivity index (χ0) is 18.7. The second kappa shape index (κ2) is 7.66. The molecule has 0 radical (unpaired) electrons. The van der Waals surface area contributed by atoms with E-state index >= 15 is 0 Å². The summed E-state index contributed by atoms with van der Waals surface area (Å²) in [5.41, 5.74) is 4.20. The molecular formula is C20H25N5O. The Balaban J connectivity index is 1.73. The monoisotopic (exact) mass is 351 g/mol. The Hall–Kier alpha value is -2.73. The van der Waals surface area contributed by atoms with E-state index in [1.807, 2.05) is 52.2 Å². The number of carbonyl (C=O) groups is 1. The number of aromatic nitrogens is 3. The summed E-state index contributed by atoms with van der Waals surface area (Å²) in [5.74, 6) is -0.141. The van der Waals surface area contributed by atoms with Gasteiger partial charge in [-0.1, -0.05) is 30.3 Å². The van der Waals surface area contributed by atoms with E-state index in [0.29, 0.717) is 17.8 Å². The van der Waals surface area contributed by atoms with Crippen molar-refractivity contribution in [2.45, 2.75) is 26.3 Å². The molecule has 0 aliphatic heterocycles. The highest BCUT2D eigenvalue weighted by molar-refractivity contribution is 5.99. The average Bonchev–Trinajstić information content (AvgIpc) is 3.03. The zero-order valence-electron chi connectivity index (χ0n) is 15.7. The molecule has 6 heteroatoms. The lowest BCUT2D eigenvalue weighted by molar-refractivity contribution is 0.0943. The molecule has 3 aromatic rings. The van der Waals surface area contributed by atoms with Gasteiger partial charge in [0.05, 0.1) is 6.20 Å². The highest BCUT2D eigenvalue weighted by Crippen LogP contribution is 2.12. The van der Waals surface area contributed by atoms with Crippen molar-refractivity contribution in [3.8, 4) is 0 Å². The van der Waals surface area contributed by atoms with Gasteiger partial charge in [0.1, 0.15) is 5.56 Å². The molecule has 1 atom stereocenters. The van der Waals surface area contributed by atoms with Crippen molar-refractivity contribution in [3.63, 3.8) is 0 Å². The number of rotatable bonds is 6. The predicted molar refractivity (Wildman–Crippen MR) is 102 cm³/mol. The van der Waals surface area contributed by atoms with E-state index in [2.05, 4.69) is 32.4 Å². The normalized spacial score (nSPS) is 12.5. The largest absolute Gasteiger partial charge is 0.350 e. The first kappa shape index (κ1) is 18.1. The number of nitrogens with one attached hydrogen (secondary N) is 1. The van der Waals surface area contributed by atoms with Crippen LogP contribution in [0.2, 0.25) is 0 Å². The van der Waals surface area contributed by atoms with Crippen LogP contribution in [-0.2, 0) is 6.42 Å². The first-order chi connectivity index (χ1) is 12.5. The minimum atomic E-state index is -0.141. The molecule has 6 nitrogen and oxygen atoms in total. The summed E-state index contributed by atoms with van der Waals surface area (Å²) in [5, 5.41) is 7.34. The summed E-state index contributed by atoms with van der Waals surface area (Å²) < 4.78 is 1.70. The van der Waals surface area contributed by atoms with Crippen LogP contribution in [0, 0.1) is 13.8 Å². The summed E-state index contributed by atoms with van der Waals surface area (Å²) in [6, 6.07) is 12.5. The molecule has 2 aromatic heterocycles. The first-order valence-corrected chi connectivity index (χ1v) is 8.76. The van der Waals surface area contributed by atoms with Crippen molar-refractivity contribution in [2.24, 2.45) is 0 Å². The van der Waals surface area contributed by atoms with E-state index in [-0.39, 0.29) is 11.9 Å². The maximum absolute atomic E-state index is 12.7. The molecule has 136 valence electrons. The third kappa shape index (κ3) is 3.91. The number of hydrogen-bond acceptors (Lipinski definition) is 4. The number of amides is 1. The molecule has 3 rings (SSSR count). The van der Waals surface area contributed by atoms with Crippen LogP contribution in [0.4, 0.5) is 0 Å². The van der Waals surface area contributed by atoms with E-state index in [9.17, 15) is 4.79 Å². The van der Waals surface area contributed by atoms with Gasteiger partial charge in [0.25, 0.3) is 5.91 Å². The van der Waals surface area contributed by atoms with Gasteiger partial charge in [0, 0.05) is 24.0 Å². The van der Waals surface area contributed by atoms with Gasteiger partial charge >= 0.3 is 0 Å². The molecule has 0 saturated carbocycles. The van der Waals surface area contributed by atoms with Crippen LogP contribution < -0.4 is 5.32 Å². The molecule has 1 aromatic carbocycles. The van der Waals surface area contributed by atoms with Crippen molar-refractivity contribution in [2.75, 3.05) is 20.6 Å². The number of fused-ring (bicyclic) bond motifs is 1. The lowest BCUT2D eigenvalue weighted by atomic mass is 10.1. The van der Waals surface area contributed by atoms with Crippen molar-refractivity contribution in [1.82, 2.24) is 24.8 Å². The van der Waals surface area contributed by atoms with Gasteiger partial charge < -0.3 is 10.2 Å². The fourth-order valence-corrected chi connectivity index (χ4v) is 3.06. The topological polar surface area (TPSA) is 62.5 Å². The lowest BCUT2D eigenvalue weighted by Gasteiger charge is -2.24. The van der Waals surface area contributed by atoms with Crippen LogP contribution >= 0.6 is 0 Å². The number of likely N-dealkylation sites (N-methyl/N-ethyl adjacent to an activating group) is 1. The van der Waals surface area contributed by atoms with Crippen LogP contribution in [-0.4, -0.2) is 52.1 Å². The molecule has 0 unspecified atom stereocenters. The Kier molecular flexibility index (Phi) is 5.32. The molecule has 0 aliphatic rings. The molecule has 1 N–H and O–H groups in total. The SMILES string of the molecule is Cc1cc(C)n2ncc(C(=O)NC[C@@H](Cc3ccccc3)N(C)C)c2n1. The van der Waals surface area contributed by atoms with E-state index < -0.39 is 0 Å². The predicted octanol–water partition coefficient (Wildman–Crippen LogP) is 2.25. The van der Waals surface area contributed by atoms with E-state index in [4.69, 9.17) is 0 Å². The molecule has 26 heavy (non-hydrogen) atoms. The number of aryl methyl sites for hydroxylation is 2. The van der Waals surface area contributed by atoms with Gasteiger partial charge in [-0.05, 0) is 46.0 Å². The van der Waals surface area contributed by atoms with Crippen molar-refractivity contribution in [1.29, 1.82) is 0 Å². The summed E-state index contributed by atoms with van der Waals surface area (Å²) in [4.78, 5) is 19.3. The maximum Gasteiger partial charge on any atom is 0.256 e. The van der Waals surface area contributed by atoms with Gasteiger partial charge in [-0.15, -0.1) is 0 Å². The number of carbonyl (C=O) groups excluding carboxylic acids is 1. The Morgan fingerprint density at radius 1 is 1.23 bits per heavy atom. The molecule has 1 amide bonds. The van der Waals surface area contributed by atoms with Gasteiger partial charge in [0.15, 0.2) is 5.65 Å². The van der Waals surface area contributed by atoms with Crippen molar-refractivity contribution >= 4 is 11.6 Å². The third-order valence-electron chi connectivity index (χ3n) is 4.57. The highest BCUT2D eigenvalue weighted by Gasteiger charge is 2.18. The Labute approximate surface area is 153 Å². The van der Waals surface area contributed by atoms with E-state index in [1.165, 1.54) is 5.56 Å². The van der Waals surface area contributed by atoms with Crippen molar-refractivity contribution < 1.29 is 4.79 Å². The number of hydrogen-bond donors (Lipinski definition) is 1. The van der Waals surface area contributed by atoms with E-state index in [0.717, 1.165) is 17.8 Å². The average molecular weight is 351 g/mol. The summed E-state index contributed by atoms with van der Waals surface area (Å²) >= 11 is 0. The van der Waals surface area contributed by atoms with Gasteiger partial charge in [-0.25, -0.2) is 9.50 Å². The first-order valence-electron chi connectivity index (χ1n) is 8.76. The minimum absolute atomic E-state index is 0.141. The Morgan fingerprint density at radius 3 is 2.65 bits per heavy atom. The molecular weight excluding hydrogens is 326 g/mol.